The summed E-state index contributed by atoms with van der Waals surface area (Å²) in [5.74, 6) is 0. The van der Waals surface area contributed by atoms with Crippen molar-refractivity contribution in [2.24, 2.45) is 0 Å². The van der Waals surface area contributed by atoms with Crippen molar-refractivity contribution in [3.63, 3.8) is 0 Å². The number of hydrogen-bond donors (Lipinski definition) is 2. The van der Waals surface area contributed by atoms with Crippen LogP contribution in [0.15, 0.2) is 109 Å². The molecule has 0 saturated heterocycles. The molecule has 0 atom stereocenters. The second-order valence-electron chi connectivity index (χ2n) is 7.25. The van der Waals surface area contributed by atoms with Crippen molar-refractivity contribution in [1.29, 1.82) is 0 Å². The molecule has 0 radical (unpaired) electrons. The van der Waals surface area contributed by atoms with Crippen LogP contribution in [0.1, 0.15) is 22.3 Å². The van der Waals surface area contributed by atoms with E-state index in [1.807, 2.05) is 12.1 Å². The van der Waals surface area contributed by atoms with Crippen LogP contribution in [-0.4, -0.2) is 0 Å². The number of benzene rings is 4. The van der Waals surface area contributed by atoms with E-state index in [-0.39, 0.29) is 0 Å². The topological polar surface area (TPSA) is 24.1 Å². The van der Waals surface area contributed by atoms with Gasteiger partial charge in [-0.05, 0) is 52.9 Å². The van der Waals surface area contributed by atoms with E-state index in [0.717, 1.165) is 30.9 Å². The molecule has 29 heavy (non-hydrogen) atoms. The third-order valence-corrected chi connectivity index (χ3v) is 5.00. The summed E-state index contributed by atoms with van der Waals surface area (Å²) in [4.78, 5) is 0. The maximum absolute atomic E-state index is 3.48. The molecule has 0 saturated carbocycles. The molecule has 0 bridgehead atoms. The van der Waals surface area contributed by atoms with Gasteiger partial charge in [-0.2, -0.15) is 0 Å². The molecular formula is C27H26N2. The number of rotatable bonds is 8. The zero-order valence-corrected chi connectivity index (χ0v) is 16.5. The Labute approximate surface area is 173 Å². The van der Waals surface area contributed by atoms with Gasteiger partial charge in [0, 0.05) is 24.5 Å². The standard InChI is InChI=1S/C27H26N2/c1-3-7-24(8-4-1)20-28-26-15-11-22(12-16-26)19-23-13-17-27(18-14-23)29-21-25-9-5-2-6-10-25/h1-18,28-29H,19-21H2. The summed E-state index contributed by atoms with van der Waals surface area (Å²) in [6.07, 6.45) is 0.942. The van der Waals surface area contributed by atoms with Crippen LogP contribution < -0.4 is 10.6 Å². The highest BCUT2D eigenvalue weighted by atomic mass is 14.9. The lowest BCUT2D eigenvalue weighted by Crippen LogP contribution is -2.00. The predicted octanol–water partition coefficient (Wildman–Crippen LogP) is 6.50. The highest BCUT2D eigenvalue weighted by Gasteiger charge is 2.00. The Morgan fingerprint density at radius 1 is 0.379 bits per heavy atom. The van der Waals surface area contributed by atoms with Crippen molar-refractivity contribution >= 4 is 11.4 Å². The van der Waals surface area contributed by atoms with Crippen molar-refractivity contribution in [2.75, 3.05) is 10.6 Å². The van der Waals surface area contributed by atoms with Gasteiger partial charge in [-0.15, -0.1) is 0 Å². The molecule has 144 valence electrons. The summed E-state index contributed by atoms with van der Waals surface area (Å²) in [7, 11) is 0. The van der Waals surface area contributed by atoms with E-state index < -0.39 is 0 Å². The van der Waals surface area contributed by atoms with E-state index in [4.69, 9.17) is 0 Å². The molecule has 0 aromatic heterocycles. The first-order valence-corrected chi connectivity index (χ1v) is 10.1. The summed E-state index contributed by atoms with van der Waals surface area (Å²) in [5, 5.41) is 6.96. The molecule has 2 heteroatoms. The zero-order valence-electron chi connectivity index (χ0n) is 16.5. The van der Waals surface area contributed by atoms with Gasteiger partial charge in [0.2, 0.25) is 0 Å². The fourth-order valence-electron chi connectivity index (χ4n) is 3.32. The Morgan fingerprint density at radius 2 is 0.759 bits per heavy atom. The molecule has 4 rings (SSSR count). The number of anilines is 2. The van der Waals surface area contributed by atoms with E-state index in [2.05, 4.69) is 108 Å². The molecule has 0 aliphatic rings. The third kappa shape index (κ3) is 5.73. The zero-order chi connectivity index (χ0) is 19.7. The molecule has 0 aliphatic carbocycles. The summed E-state index contributed by atoms with van der Waals surface area (Å²) >= 11 is 0. The first-order chi connectivity index (χ1) is 14.3. The van der Waals surface area contributed by atoms with Crippen molar-refractivity contribution in [2.45, 2.75) is 19.5 Å². The minimum Gasteiger partial charge on any atom is -0.381 e. The SMILES string of the molecule is c1ccc(CNc2ccc(Cc3ccc(NCc4ccccc4)cc3)cc2)cc1. The summed E-state index contributed by atoms with van der Waals surface area (Å²) in [6, 6.07) is 38.4. The predicted molar refractivity (Wildman–Crippen MR) is 123 cm³/mol. The van der Waals surface area contributed by atoms with Gasteiger partial charge >= 0.3 is 0 Å². The van der Waals surface area contributed by atoms with Crippen molar-refractivity contribution in [3.05, 3.63) is 131 Å². The smallest absolute Gasteiger partial charge is 0.0400 e. The van der Waals surface area contributed by atoms with Gasteiger partial charge in [0.05, 0.1) is 0 Å². The molecule has 0 aliphatic heterocycles. The molecule has 2 N–H and O–H groups in total. The molecule has 0 spiro atoms. The third-order valence-electron chi connectivity index (χ3n) is 5.00. The van der Waals surface area contributed by atoms with Crippen LogP contribution in [0.2, 0.25) is 0 Å². The van der Waals surface area contributed by atoms with Crippen LogP contribution in [0.3, 0.4) is 0 Å². The molecule has 2 nitrogen and oxygen atoms in total. The van der Waals surface area contributed by atoms with Crippen LogP contribution in [0.25, 0.3) is 0 Å². The summed E-state index contributed by atoms with van der Waals surface area (Å²) < 4.78 is 0. The highest BCUT2D eigenvalue weighted by molar-refractivity contribution is 5.48. The lowest BCUT2D eigenvalue weighted by atomic mass is 10.0. The molecule has 0 fully saturated rings. The Bertz CT molecular complexity index is 907. The molecular weight excluding hydrogens is 352 g/mol. The Morgan fingerprint density at radius 3 is 1.14 bits per heavy atom. The molecule has 4 aromatic rings. The summed E-state index contributed by atoms with van der Waals surface area (Å²) in [5.41, 5.74) is 7.52. The molecule has 4 aromatic carbocycles. The van der Waals surface area contributed by atoms with Crippen LogP contribution in [0.5, 0.6) is 0 Å². The minimum atomic E-state index is 0.845. The lowest BCUT2D eigenvalue weighted by molar-refractivity contribution is 1.13. The maximum Gasteiger partial charge on any atom is 0.0400 e. The average molecular weight is 379 g/mol. The second-order valence-corrected chi connectivity index (χ2v) is 7.25. The quantitative estimate of drug-likeness (QED) is 0.365. The monoisotopic (exact) mass is 378 g/mol. The normalized spacial score (nSPS) is 10.5. The van der Waals surface area contributed by atoms with Crippen molar-refractivity contribution < 1.29 is 0 Å². The molecule has 0 amide bonds. The fraction of sp³-hybridized carbons (Fsp3) is 0.111. The van der Waals surface area contributed by atoms with Gasteiger partial charge in [-0.1, -0.05) is 84.9 Å². The maximum atomic E-state index is 3.48. The van der Waals surface area contributed by atoms with Gasteiger partial charge in [0.15, 0.2) is 0 Å². The largest absolute Gasteiger partial charge is 0.381 e. The van der Waals surface area contributed by atoms with E-state index >= 15 is 0 Å². The average Bonchev–Trinajstić information content (AvgIpc) is 2.80. The first kappa shape index (κ1) is 18.8. The number of nitrogens with one attached hydrogen (secondary N) is 2. The highest BCUT2D eigenvalue weighted by Crippen LogP contribution is 2.17. The van der Waals surface area contributed by atoms with Crippen LogP contribution in [0.4, 0.5) is 11.4 Å². The lowest BCUT2D eigenvalue weighted by Gasteiger charge is -2.09. The van der Waals surface area contributed by atoms with Crippen molar-refractivity contribution in [3.8, 4) is 0 Å². The van der Waals surface area contributed by atoms with Gasteiger partial charge in [-0.3, -0.25) is 0 Å². The first-order valence-electron chi connectivity index (χ1n) is 10.1. The Hall–Kier alpha value is -3.52. The van der Waals surface area contributed by atoms with Gasteiger partial charge in [0.25, 0.3) is 0 Å². The fourth-order valence-corrected chi connectivity index (χ4v) is 3.32. The van der Waals surface area contributed by atoms with E-state index in [1.165, 1.54) is 22.3 Å². The summed E-state index contributed by atoms with van der Waals surface area (Å²) in [6.45, 7) is 1.69. The Balaban J connectivity index is 1.28. The Kier molecular flexibility index (Phi) is 6.24. The van der Waals surface area contributed by atoms with Crippen molar-refractivity contribution in [1.82, 2.24) is 0 Å². The van der Waals surface area contributed by atoms with Crippen LogP contribution in [-0.2, 0) is 19.5 Å². The van der Waals surface area contributed by atoms with Crippen LogP contribution in [0, 0.1) is 0 Å². The second kappa shape index (κ2) is 9.61. The minimum absolute atomic E-state index is 0.845. The molecule has 0 heterocycles. The number of hydrogen-bond acceptors (Lipinski definition) is 2. The van der Waals surface area contributed by atoms with E-state index in [0.29, 0.717) is 0 Å². The van der Waals surface area contributed by atoms with Gasteiger partial charge < -0.3 is 10.6 Å². The molecule has 0 unspecified atom stereocenters. The van der Waals surface area contributed by atoms with Gasteiger partial charge in [-0.25, -0.2) is 0 Å². The van der Waals surface area contributed by atoms with Crippen LogP contribution >= 0.6 is 0 Å². The van der Waals surface area contributed by atoms with E-state index in [9.17, 15) is 0 Å². The van der Waals surface area contributed by atoms with E-state index in [1.54, 1.807) is 0 Å². The van der Waals surface area contributed by atoms with Gasteiger partial charge in [0.1, 0.15) is 0 Å².